The Morgan fingerprint density at radius 1 is 1.00 bits per heavy atom. The number of benzene rings is 1. The van der Waals surface area contributed by atoms with Gasteiger partial charge in [0.15, 0.2) is 0 Å². The molecule has 0 unspecified atom stereocenters. The Morgan fingerprint density at radius 2 is 1.50 bits per heavy atom. The van der Waals surface area contributed by atoms with E-state index in [4.69, 9.17) is 0 Å². The molecule has 0 bridgehead atoms. The van der Waals surface area contributed by atoms with Crippen LogP contribution in [0.1, 0.15) is 0 Å². The minimum atomic E-state index is 1.88. The fourth-order valence-electron chi connectivity index (χ4n) is 0.342. The first-order chi connectivity index (χ1) is 4.00. The number of halogens is 1. The van der Waals surface area contributed by atoms with Crippen LogP contribution in [0.15, 0.2) is 30.3 Å². The van der Waals surface area contributed by atoms with Gasteiger partial charge in [0.05, 0.1) is 0 Å². The van der Waals surface area contributed by atoms with Gasteiger partial charge in [0.25, 0.3) is 0 Å². The van der Waals surface area contributed by atoms with Crippen molar-refractivity contribution in [1.82, 2.24) is 0 Å². The van der Waals surface area contributed by atoms with Crippen molar-refractivity contribution in [1.29, 1.82) is 0 Å². The quantitative estimate of drug-likeness (QED) is 0.457. The van der Waals surface area contributed by atoms with Crippen molar-refractivity contribution in [2.45, 2.75) is 0 Å². The maximum atomic E-state index is 2.89. The van der Waals surface area contributed by atoms with Crippen LogP contribution in [0.5, 0.6) is 0 Å². The molecule has 0 saturated heterocycles. The summed E-state index contributed by atoms with van der Waals surface area (Å²) in [5.41, 5.74) is 0. The summed E-state index contributed by atoms with van der Waals surface area (Å²) in [4.78, 5) is 0. The molecule has 0 heterocycles. The fraction of sp³-hybridized carbons (Fsp3) is 0. The third kappa shape index (κ3) is 4.38. The minimum Gasteiger partial charge on any atom is -0.184 e. The molecule has 0 aliphatic rings. The topological polar surface area (TPSA) is 0 Å². The van der Waals surface area contributed by atoms with Crippen molar-refractivity contribution < 1.29 is 14.2 Å². The maximum Gasteiger partial charge on any atom is -0.171 e. The van der Waals surface area contributed by atoms with E-state index >= 15 is 0 Å². The van der Waals surface area contributed by atoms with E-state index in [0.717, 1.165) is 0 Å². The Morgan fingerprint density at radius 3 is 1.62 bits per heavy atom. The monoisotopic (exact) mass is 211 g/mol. The van der Waals surface area contributed by atoms with E-state index in [2.05, 4.69) is 34.4 Å². The van der Waals surface area contributed by atoms with Gasteiger partial charge in [-0.15, -0.1) is 0 Å². The van der Waals surface area contributed by atoms with Crippen LogP contribution in [0, 0.1) is 6.07 Å². The number of hydrogen-bond acceptors (Lipinski definition) is 0. The van der Waals surface area contributed by atoms with Crippen LogP contribution in [0.25, 0.3) is 0 Å². The molecule has 0 aliphatic carbocycles. The van der Waals surface area contributed by atoms with Gasteiger partial charge in [-0.2, -0.15) is 36.4 Å². The summed E-state index contributed by atoms with van der Waals surface area (Å²) in [6.07, 6.45) is 0. The van der Waals surface area contributed by atoms with E-state index in [1.807, 2.05) is 30.3 Å². The molecule has 1 rings (SSSR count). The molecule has 0 aromatic heterocycles. The average molecular weight is 212 g/mol. The first-order valence-electron chi connectivity index (χ1n) is 2.05. The van der Waals surface area contributed by atoms with Crippen LogP contribution < -0.4 is 0 Å². The van der Waals surface area contributed by atoms with Gasteiger partial charge in [-0.05, 0) is 0 Å². The second-order valence-corrected chi connectivity index (χ2v) is 1.08. The third-order valence-corrected chi connectivity index (χ3v) is 0.607. The smallest absolute Gasteiger partial charge is 0.171 e. The Labute approximate surface area is 64.8 Å². The largest absolute Gasteiger partial charge is 0.184 e. The second-order valence-electron chi connectivity index (χ2n) is 1.08. The van der Waals surface area contributed by atoms with Crippen LogP contribution in [0.3, 0.4) is 0 Å². The summed E-state index contributed by atoms with van der Waals surface area (Å²) in [7, 11) is 0. The van der Waals surface area contributed by atoms with Crippen LogP contribution in [0.2, 0.25) is 0 Å². The van der Waals surface area contributed by atoms with Gasteiger partial charge in [0.2, 0.25) is 0 Å². The van der Waals surface area contributed by atoms with Crippen molar-refractivity contribution in [3.05, 3.63) is 36.4 Å². The van der Waals surface area contributed by atoms with Gasteiger partial charge in [-0.1, -0.05) is 0 Å². The SMILES string of the molecule is [Mn+][Br].[c-]1ccccc1. The normalized spacial score (nSPS) is 6.62. The second kappa shape index (κ2) is 7.22. The summed E-state index contributed by atoms with van der Waals surface area (Å²) in [6, 6.07) is 12.5. The van der Waals surface area contributed by atoms with Gasteiger partial charge in [0, 0.05) is 0 Å². The zero-order valence-corrected chi connectivity index (χ0v) is 6.91. The van der Waals surface area contributed by atoms with Gasteiger partial charge >= 0.3 is 28.3 Å². The van der Waals surface area contributed by atoms with Crippen molar-refractivity contribution in [2.75, 3.05) is 0 Å². The zero-order valence-electron chi connectivity index (χ0n) is 4.14. The van der Waals surface area contributed by atoms with Crippen molar-refractivity contribution in [3.63, 3.8) is 0 Å². The predicted octanol–water partition coefficient (Wildman–Crippen LogP) is 2.33. The predicted molar refractivity (Wildman–Crippen MR) is 34.2 cm³/mol. The first-order valence-corrected chi connectivity index (χ1v) is 4.97. The Hall–Kier alpha value is 0.219. The van der Waals surface area contributed by atoms with Crippen molar-refractivity contribution >= 4 is 14.1 Å². The van der Waals surface area contributed by atoms with Crippen molar-refractivity contribution in [2.24, 2.45) is 0 Å². The molecule has 43 valence electrons. The molecular formula is C6H5BrMn. The minimum absolute atomic E-state index is 1.88. The molecule has 0 saturated carbocycles. The number of rotatable bonds is 0. The molecule has 0 fully saturated rings. The molecule has 0 radical (unpaired) electrons. The molecule has 1 aromatic carbocycles. The standard InChI is InChI=1S/C6H5.BrH.Mn/c1-2-4-6-5-3-1;;/h1-5H;1H;/q-1;;+2/p-1. The maximum absolute atomic E-state index is 2.89. The molecule has 1 aromatic rings. The van der Waals surface area contributed by atoms with Crippen LogP contribution in [0.4, 0.5) is 0 Å². The fourth-order valence-corrected chi connectivity index (χ4v) is 0.342. The molecule has 2 heteroatoms. The Kier molecular flexibility index (Phi) is 7.42. The first kappa shape index (κ1) is 8.22. The van der Waals surface area contributed by atoms with Crippen LogP contribution >= 0.6 is 14.1 Å². The summed E-state index contributed by atoms with van der Waals surface area (Å²) >= 11 is 5.50. The molecule has 0 aliphatic heterocycles. The van der Waals surface area contributed by atoms with E-state index in [-0.39, 0.29) is 0 Å². The summed E-state index contributed by atoms with van der Waals surface area (Å²) < 4.78 is 0. The van der Waals surface area contributed by atoms with E-state index < -0.39 is 0 Å². The third-order valence-electron chi connectivity index (χ3n) is 0.607. The molecular weight excluding hydrogens is 207 g/mol. The summed E-state index contributed by atoms with van der Waals surface area (Å²) in [5.74, 6) is 0. The molecule has 0 amide bonds. The van der Waals surface area contributed by atoms with E-state index in [1.54, 1.807) is 0 Å². The van der Waals surface area contributed by atoms with Gasteiger partial charge in [0.1, 0.15) is 0 Å². The molecule has 0 spiro atoms. The van der Waals surface area contributed by atoms with E-state index in [0.29, 0.717) is 0 Å². The molecule has 0 nitrogen and oxygen atoms in total. The van der Waals surface area contributed by atoms with Gasteiger partial charge in [-0.25, -0.2) is 0 Å². The average Bonchev–Trinajstić information content (AvgIpc) is 1.96. The van der Waals surface area contributed by atoms with Gasteiger partial charge < -0.3 is 0 Å². The summed E-state index contributed by atoms with van der Waals surface area (Å²) in [5, 5.41) is 0. The molecule has 8 heavy (non-hydrogen) atoms. The zero-order chi connectivity index (χ0) is 6.24. The summed E-state index contributed by atoms with van der Waals surface area (Å²) in [6.45, 7) is 0. The van der Waals surface area contributed by atoms with Crippen LogP contribution in [-0.2, 0) is 14.2 Å². The van der Waals surface area contributed by atoms with E-state index in [9.17, 15) is 0 Å². The number of hydrogen-bond donors (Lipinski definition) is 0. The van der Waals surface area contributed by atoms with E-state index in [1.165, 1.54) is 0 Å². The molecule has 0 N–H and O–H groups in total. The molecule has 0 atom stereocenters. The van der Waals surface area contributed by atoms with Crippen molar-refractivity contribution in [3.8, 4) is 0 Å². The van der Waals surface area contributed by atoms with Gasteiger partial charge in [-0.3, -0.25) is 0 Å². The Bertz CT molecular complexity index is 80.5. The Balaban J connectivity index is 0.000000222. The van der Waals surface area contributed by atoms with Crippen LogP contribution in [-0.4, -0.2) is 0 Å².